The maximum atomic E-state index is 11.9. The van der Waals surface area contributed by atoms with Crippen LogP contribution >= 0.6 is 0 Å². The summed E-state index contributed by atoms with van der Waals surface area (Å²) in [4.78, 5) is 16.5. The summed E-state index contributed by atoms with van der Waals surface area (Å²) in [5, 5.41) is 3.55. The largest absolute Gasteiger partial charge is 0.493 e. The van der Waals surface area contributed by atoms with Gasteiger partial charge in [-0.3, -0.25) is 4.79 Å². The number of hydrogen-bond acceptors (Lipinski definition) is 4. The second-order valence-corrected chi connectivity index (χ2v) is 5.26. The van der Waals surface area contributed by atoms with Gasteiger partial charge in [-0.15, -0.1) is 0 Å². The molecule has 1 aromatic carbocycles. The van der Waals surface area contributed by atoms with Crippen molar-refractivity contribution < 1.29 is 14.3 Å². The summed E-state index contributed by atoms with van der Waals surface area (Å²) < 4.78 is 10.5. The van der Waals surface area contributed by atoms with Crippen molar-refractivity contribution in [3.63, 3.8) is 0 Å². The lowest BCUT2D eigenvalue weighted by molar-refractivity contribution is -0.127. The lowest BCUT2D eigenvalue weighted by atomic mass is 10.1. The van der Waals surface area contributed by atoms with Crippen LogP contribution in [-0.2, 0) is 11.2 Å². The zero-order chi connectivity index (χ0) is 15.9. The number of methoxy groups -OCH3 is 2. The molecule has 22 heavy (non-hydrogen) atoms. The molecular weight excluding hydrogens is 284 g/mol. The van der Waals surface area contributed by atoms with E-state index in [-0.39, 0.29) is 11.8 Å². The first-order valence-corrected chi connectivity index (χ1v) is 7.17. The number of hydrogen-bond donors (Lipinski definition) is 0. The average molecular weight is 304 g/mol. The van der Waals surface area contributed by atoms with Crippen LogP contribution in [0.4, 0.5) is 0 Å². The molecule has 1 atom stereocenters. The number of ether oxygens (including phenoxy) is 2. The number of carbonyl (C=O) groups excluding carboxylic acids is 1. The second-order valence-electron chi connectivity index (χ2n) is 5.26. The van der Waals surface area contributed by atoms with Gasteiger partial charge in [-0.2, -0.15) is 0 Å². The lowest BCUT2D eigenvalue weighted by Gasteiger charge is -2.17. The van der Waals surface area contributed by atoms with E-state index in [2.05, 4.69) is 10.0 Å². The Morgan fingerprint density at radius 1 is 1.36 bits per heavy atom. The molecule has 0 bridgehead atoms. The minimum atomic E-state index is 0.124. The van der Waals surface area contributed by atoms with Crippen molar-refractivity contribution in [1.82, 2.24) is 4.90 Å². The number of nitrogens with zero attached hydrogens (tertiary/aromatic N) is 4. The van der Waals surface area contributed by atoms with Gasteiger partial charge in [-0.25, -0.2) is 0 Å². The topological polar surface area (TPSA) is 87.5 Å². The number of carbonyl (C=O) groups is 1. The van der Waals surface area contributed by atoms with Crippen LogP contribution in [0.5, 0.6) is 11.5 Å². The smallest absolute Gasteiger partial charge is 0.222 e. The van der Waals surface area contributed by atoms with E-state index in [1.54, 1.807) is 14.2 Å². The Bertz CT molecular complexity index is 584. The molecule has 1 fully saturated rings. The molecule has 0 saturated carbocycles. The quantitative estimate of drug-likeness (QED) is 0.440. The third-order valence-electron chi connectivity index (χ3n) is 3.82. The van der Waals surface area contributed by atoms with Crippen molar-refractivity contribution in [2.24, 2.45) is 11.0 Å². The summed E-state index contributed by atoms with van der Waals surface area (Å²) in [5.41, 5.74) is 9.43. The summed E-state index contributed by atoms with van der Waals surface area (Å²) in [6.45, 7) is 1.70. The fourth-order valence-corrected chi connectivity index (χ4v) is 2.64. The molecule has 1 aliphatic heterocycles. The zero-order valence-corrected chi connectivity index (χ0v) is 12.9. The van der Waals surface area contributed by atoms with Crippen molar-refractivity contribution in [2.75, 3.05) is 33.9 Å². The number of likely N-dealkylation sites (tertiary alicyclic amines) is 1. The van der Waals surface area contributed by atoms with Crippen molar-refractivity contribution in [1.29, 1.82) is 0 Å². The fourth-order valence-electron chi connectivity index (χ4n) is 2.64. The average Bonchev–Trinajstić information content (AvgIpc) is 2.90. The molecule has 1 unspecified atom stereocenters. The second kappa shape index (κ2) is 7.56. The van der Waals surface area contributed by atoms with E-state index in [9.17, 15) is 4.79 Å². The molecule has 0 N–H and O–H groups in total. The molecule has 118 valence electrons. The maximum Gasteiger partial charge on any atom is 0.222 e. The van der Waals surface area contributed by atoms with Gasteiger partial charge in [-0.1, -0.05) is 11.2 Å². The number of amides is 1. The molecule has 1 heterocycles. The van der Waals surface area contributed by atoms with Gasteiger partial charge in [0.25, 0.3) is 0 Å². The van der Waals surface area contributed by atoms with Crippen molar-refractivity contribution in [3.05, 3.63) is 34.2 Å². The molecule has 7 nitrogen and oxygen atoms in total. The van der Waals surface area contributed by atoms with E-state index in [1.165, 1.54) is 0 Å². The van der Waals surface area contributed by atoms with Gasteiger partial charge < -0.3 is 14.4 Å². The molecule has 0 radical (unpaired) electrons. The van der Waals surface area contributed by atoms with E-state index in [0.29, 0.717) is 37.6 Å². The van der Waals surface area contributed by atoms with Gasteiger partial charge in [-0.05, 0) is 35.6 Å². The standard InChI is InChI=1S/C15H20N4O3/c1-21-13-4-3-11(7-14(13)22-2)5-6-19-10-12(8-15(19)20)9-17-18-16/h3-4,7,12H,5-6,8-10H2,1-2H3. The van der Waals surface area contributed by atoms with E-state index in [1.807, 2.05) is 23.1 Å². The molecule has 0 aliphatic carbocycles. The van der Waals surface area contributed by atoms with Crippen LogP contribution in [0.2, 0.25) is 0 Å². The molecule has 1 aromatic rings. The number of rotatable bonds is 7. The molecule has 1 amide bonds. The first kappa shape index (κ1) is 16.0. The van der Waals surface area contributed by atoms with Gasteiger partial charge >= 0.3 is 0 Å². The highest BCUT2D eigenvalue weighted by Gasteiger charge is 2.28. The predicted octanol–water partition coefficient (Wildman–Crippen LogP) is 2.41. The van der Waals surface area contributed by atoms with Crippen molar-refractivity contribution >= 4 is 5.91 Å². The Labute approximate surface area is 129 Å². The Morgan fingerprint density at radius 2 is 2.14 bits per heavy atom. The summed E-state index contributed by atoms with van der Waals surface area (Å²) >= 11 is 0. The van der Waals surface area contributed by atoms with Crippen LogP contribution in [0.15, 0.2) is 23.3 Å². The van der Waals surface area contributed by atoms with Crippen molar-refractivity contribution in [2.45, 2.75) is 12.8 Å². The van der Waals surface area contributed by atoms with Gasteiger partial charge in [0, 0.05) is 31.0 Å². The minimum absolute atomic E-state index is 0.124. The van der Waals surface area contributed by atoms with Gasteiger partial charge in [0.05, 0.1) is 14.2 Å². The van der Waals surface area contributed by atoms with E-state index in [4.69, 9.17) is 15.0 Å². The fraction of sp³-hybridized carbons (Fsp3) is 0.533. The molecule has 2 rings (SSSR count). The molecule has 1 aliphatic rings. The van der Waals surface area contributed by atoms with Crippen LogP contribution in [0.3, 0.4) is 0 Å². The molecular formula is C15H20N4O3. The van der Waals surface area contributed by atoms with Crippen LogP contribution < -0.4 is 9.47 Å². The first-order valence-electron chi connectivity index (χ1n) is 7.17. The lowest BCUT2D eigenvalue weighted by Crippen LogP contribution is -2.27. The SMILES string of the molecule is COc1ccc(CCN2CC(CN=[N+]=[N-])CC2=O)cc1OC. The Kier molecular flexibility index (Phi) is 5.49. The summed E-state index contributed by atoms with van der Waals surface area (Å²) in [6, 6.07) is 5.76. The molecule has 0 spiro atoms. The third kappa shape index (κ3) is 3.83. The Balaban J connectivity index is 1.93. The normalized spacial score (nSPS) is 17.3. The highest BCUT2D eigenvalue weighted by Crippen LogP contribution is 2.28. The Hall–Kier alpha value is -2.40. The zero-order valence-electron chi connectivity index (χ0n) is 12.9. The summed E-state index contributed by atoms with van der Waals surface area (Å²) in [7, 11) is 3.20. The van der Waals surface area contributed by atoms with E-state index in [0.717, 1.165) is 12.0 Å². The monoisotopic (exact) mass is 304 g/mol. The van der Waals surface area contributed by atoms with Crippen LogP contribution in [0.25, 0.3) is 10.4 Å². The third-order valence-corrected chi connectivity index (χ3v) is 3.82. The highest BCUT2D eigenvalue weighted by atomic mass is 16.5. The Morgan fingerprint density at radius 3 is 2.82 bits per heavy atom. The predicted molar refractivity (Wildman–Crippen MR) is 82.0 cm³/mol. The highest BCUT2D eigenvalue weighted by molar-refractivity contribution is 5.78. The summed E-state index contributed by atoms with van der Waals surface area (Å²) in [5.74, 6) is 1.64. The van der Waals surface area contributed by atoms with Gasteiger partial charge in [0.1, 0.15) is 0 Å². The van der Waals surface area contributed by atoms with Crippen LogP contribution in [0.1, 0.15) is 12.0 Å². The van der Waals surface area contributed by atoms with Crippen LogP contribution in [0, 0.1) is 5.92 Å². The van der Waals surface area contributed by atoms with Gasteiger partial charge in [0.15, 0.2) is 11.5 Å². The number of benzene rings is 1. The van der Waals surface area contributed by atoms with Gasteiger partial charge in [0.2, 0.25) is 5.91 Å². The minimum Gasteiger partial charge on any atom is -0.493 e. The molecule has 0 aromatic heterocycles. The van der Waals surface area contributed by atoms with Crippen LogP contribution in [-0.4, -0.2) is 44.7 Å². The number of azide groups is 1. The van der Waals surface area contributed by atoms with E-state index < -0.39 is 0 Å². The summed E-state index contributed by atoms with van der Waals surface area (Å²) in [6.07, 6.45) is 1.21. The maximum absolute atomic E-state index is 11.9. The molecule has 7 heteroatoms. The van der Waals surface area contributed by atoms with E-state index >= 15 is 0 Å². The first-order chi connectivity index (χ1) is 10.7. The van der Waals surface area contributed by atoms with Crippen molar-refractivity contribution in [3.8, 4) is 11.5 Å². The molecule has 1 saturated heterocycles.